The van der Waals surface area contributed by atoms with E-state index in [1.165, 1.54) is 0 Å². The number of aryl methyl sites for hydroxylation is 1. The van der Waals surface area contributed by atoms with E-state index in [0.717, 1.165) is 22.5 Å². The Morgan fingerprint density at radius 3 is 2.69 bits per heavy atom. The molecule has 6 nitrogen and oxygen atoms in total. The standard InChI is InChI=1S/C22H19ClN4O2/c1-14-26-19-12-24-11-10-20(19)27(14)16-8-6-15(7-9-16)22(29)25-13-21(28)17-4-2-3-5-18(17)23/h2-12,21,28H,13H2,1H3,(H,25,29). The smallest absolute Gasteiger partial charge is 0.251 e. The Kier molecular flexibility index (Phi) is 5.29. The zero-order valence-electron chi connectivity index (χ0n) is 15.7. The SMILES string of the molecule is Cc1nc2cnccc2n1-c1ccc(C(=O)NCC(O)c2ccccc2Cl)cc1. The lowest BCUT2D eigenvalue weighted by molar-refractivity contribution is 0.0916. The summed E-state index contributed by atoms with van der Waals surface area (Å²) < 4.78 is 2.01. The van der Waals surface area contributed by atoms with Crippen molar-refractivity contribution < 1.29 is 9.90 Å². The van der Waals surface area contributed by atoms with Crippen LogP contribution in [0, 0.1) is 6.92 Å². The summed E-state index contributed by atoms with van der Waals surface area (Å²) in [5.74, 6) is 0.576. The van der Waals surface area contributed by atoms with Gasteiger partial charge in [0.1, 0.15) is 11.3 Å². The molecule has 1 unspecified atom stereocenters. The van der Waals surface area contributed by atoms with Crippen molar-refractivity contribution in [3.05, 3.63) is 89.0 Å². The van der Waals surface area contributed by atoms with Crippen molar-refractivity contribution in [1.29, 1.82) is 0 Å². The van der Waals surface area contributed by atoms with E-state index in [1.54, 1.807) is 48.8 Å². The van der Waals surface area contributed by atoms with E-state index < -0.39 is 6.10 Å². The molecule has 0 saturated heterocycles. The Morgan fingerprint density at radius 2 is 1.93 bits per heavy atom. The maximum Gasteiger partial charge on any atom is 0.251 e. The van der Waals surface area contributed by atoms with Gasteiger partial charge in [0.2, 0.25) is 0 Å². The second-order valence-corrected chi connectivity index (χ2v) is 7.06. The van der Waals surface area contributed by atoms with Crippen LogP contribution in [0.25, 0.3) is 16.7 Å². The molecule has 0 aliphatic carbocycles. The van der Waals surface area contributed by atoms with E-state index in [4.69, 9.17) is 11.6 Å². The normalized spacial score (nSPS) is 12.1. The van der Waals surface area contributed by atoms with Crippen LogP contribution in [0.5, 0.6) is 0 Å². The van der Waals surface area contributed by atoms with Gasteiger partial charge in [-0.3, -0.25) is 14.3 Å². The number of aliphatic hydroxyl groups is 1. The number of amides is 1. The first kappa shape index (κ1) is 19.1. The topological polar surface area (TPSA) is 80.0 Å². The number of halogens is 1. The third kappa shape index (κ3) is 3.85. The Bertz CT molecular complexity index is 1170. The van der Waals surface area contributed by atoms with Gasteiger partial charge >= 0.3 is 0 Å². The molecule has 0 fully saturated rings. The molecule has 4 rings (SSSR count). The average molecular weight is 407 g/mol. The van der Waals surface area contributed by atoms with Crippen LogP contribution in [0.1, 0.15) is 27.8 Å². The van der Waals surface area contributed by atoms with Gasteiger partial charge in [-0.15, -0.1) is 0 Å². The number of nitrogens with zero attached hydrogens (tertiary/aromatic N) is 3. The Morgan fingerprint density at radius 1 is 1.17 bits per heavy atom. The second kappa shape index (κ2) is 8.03. The van der Waals surface area contributed by atoms with Crippen LogP contribution in [-0.4, -0.2) is 32.1 Å². The van der Waals surface area contributed by atoms with Crippen LogP contribution in [0.4, 0.5) is 0 Å². The van der Waals surface area contributed by atoms with Crippen molar-refractivity contribution in [3.63, 3.8) is 0 Å². The molecule has 2 aromatic heterocycles. The number of hydrogen-bond donors (Lipinski definition) is 2. The Hall–Kier alpha value is -3.22. The number of hydrogen-bond acceptors (Lipinski definition) is 4. The van der Waals surface area contributed by atoms with Gasteiger partial charge in [-0.05, 0) is 43.3 Å². The zero-order valence-corrected chi connectivity index (χ0v) is 16.5. The molecule has 4 aromatic rings. The summed E-state index contributed by atoms with van der Waals surface area (Å²) in [5.41, 5.74) is 3.77. The first-order valence-corrected chi connectivity index (χ1v) is 9.52. The number of carbonyl (C=O) groups excluding carboxylic acids is 1. The van der Waals surface area contributed by atoms with Crippen molar-refractivity contribution in [1.82, 2.24) is 19.9 Å². The summed E-state index contributed by atoms with van der Waals surface area (Å²) in [6.45, 7) is 2.00. The maximum absolute atomic E-state index is 12.5. The van der Waals surface area contributed by atoms with Gasteiger partial charge in [-0.25, -0.2) is 4.98 Å². The predicted molar refractivity (Wildman–Crippen MR) is 112 cm³/mol. The number of benzene rings is 2. The van der Waals surface area contributed by atoms with Gasteiger partial charge in [-0.1, -0.05) is 29.8 Å². The van der Waals surface area contributed by atoms with E-state index in [9.17, 15) is 9.90 Å². The van der Waals surface area contributed by atoms with Gasteiger partial charge < -0.3 is 10.4 Å². The van der Waals surface area contributed by atoms with Gasteiger partial charge in [-0.2, -0.15) is 0 Å². The molecule has 0 saturated carbocycles. The molecular weight excluding hydrogens is 388 g/mol. The van der Waals surface area contributed by atoms with Crippen molar-refractivity contribution in [2.45, 2.75) is 13.0 Å². The number of imidazole rings is 1. The Balaban J connectivity index is 1.48. The summed E-state index contributed by atoms with van der Waals surface area (Å²) in [6.07, 6.45) is 2.58. The quantitative estimate of drug-likeness (QED) is 0.527. The second-order valence-electron chi connectivity index (χ2n) is 6.65. The molecular formula is C22H19ClN4O2. The fraction of sp³-hybridized carbons (Fsp3) is 0.136. The minimum absolute atomic E-state index is 0.0720. The number of aromatic nitrogens is 3. The van der Waals surface area contributed by atoms with Crippen molar-refractivity contribution in [3.8, 4) is 5.69 Å². The summed E-state index contributed by atoms with van der Waals surface area (Å²) in [6, 6.07) is 16.2. The monoisotopic (exact) mass is 406 g/mol. The zero-order chi connectivity index (χ0) is 20.4. The fourth-order valence-corrected chi connectivity index (χ4v) is 3.55. The van der Waals surface area contributed by atoms with Crippen LogP contribution in [0.2, 0.25) is 5.02 Å². The highest BCUT2D eigenvalue weighted by Crippen LogP contribution is 2.23. The number of rotatable bonds is 5. The molecule has 146 valence electrons. The van der Waals surface area contributed by atoms with Crippen molar-refractivity contribution in [2.24, 2.45) is 0 Å². The van der Waals surface area contributed by atoms with Crippen LogP contribution < -0.4 is 5.32 Å². The van der Waals surface area contributed by atoms with Crippen LogP contribution in [-0.2, 0) is 0 Å². The summed E-state index contributed by atoms with van der Waals surface area (Å²) in [5, 5.41) is 13.5. The molecule has 2 N–H and O–H groups in total. The van der Waals surface area contributed by atoms with Gasteiger partial charge in [0.05, 0.1) is 17.8 Å². The molecule has 0 aliphatic heterocycles. The molecule has 29 heavy (non-hydrogen) atoms. The molecule has 1 atom stereocenters. The third-order valence-corrected chi connectivity index (χ3v) is 5.08. The minimum atomic E-state index is -0.875. The molecule has 0 aliphatic rings. The number of carbonyl (C=O) groups is 1. The third-order valence-electron chi connectivity index (χ3n) is 4.73. The van der Waals surface area contributed by atoms with Gasteiger partial charge in [0, 0.05) is 34.6 Å². The molecule has 0 radical (unpaired) electrons. The lowest BCUT2D eigenvalue weighted by atomic mass is 10.1. The van der Waals surface area contributed by atoms with Crippen LogP contribution >= 0.6 is 11.6 Å². The van der Waals surface area contributed by atoms with Crippen molar-refractivity contribution >= 4 is 28.5 Å². The molecule has 7 heteroatoms. The summed E-state index contributed by atoms with van der Waals surface area (Å²) in [7, 11) is 0. The fourth-order valence-electron chi connectivity index (χ4n) is 3.29. The lowest BCUT2D eigenvalue weighted by Crippen LogP contribution is -2.28. The number of aliphatic hydroxyl groups excluding tert-OH is 1. The van der Waals surface area contributed by atoms with E-state index in [2.05, 4.69) is 15.3 Å². The highest BCUT2D eigenvalue weighted by molar-refractivity contribution is 6.31. The number of pyridine rings is 1. The molecule has 2 heterocycles. The summed E-state index contributed by atoms with van der Waals surface area (Å²) >= 11 is 6.09. The maximum atomic E-state index is 12.5. The van der Waals surface area contributed by atoms with Gasteiger partial charge in [0.15, 0.2) is 0 Å². The largest absolute Gasteiger partial charge is 0.387 e. The average Bonchev–Trinajstić information content (AvgIpc) is 3.08. The van der Waals surface area contributed by atoms with E-state index in [-0.39, 0.29) is 12.5 Å². The number of nitrogens with one attached hydrogen (secondary N) is 1. The molecule has 1 amide bonds. The predicted octanol–water partition coefficient (Wildman–Crippen LogP) is 3.85. The summed E-state index contributed by atoms with van der Waals surface area (Å²) in [4.78, 5) is 21.1. The highest BCUT2D eigenvalue weighted by Gasteiger charge is 2.14. The first-order chi connectivity index (χ1) is 14.0. The molecule has 0 spiro atoms. The van der Waals surface area contributed by atoms with Crippen LogP contribution in [0.15, 0.2) is 67.0 Å². The molecule has 0 bridgehead atoms. The highest BCUT2D eigenvalue weighted by atomic mass is 35.5. The minimum Gasteiger partial charge on any atom is -0.387 e. The lowest BCUT2D eigenvalue weighted by Gasteiger charge is -2.14. The van der Waals surface area contributed by atoms with Crippen LogP contribution in [0.3, 0.4) is 0 Å². The van der Waals surface area contributed by atoms with E-state index in [0.29, 0.717) is 16.1 Å². The van der Waals surface area contributed by atoms with E-state index in [1.807, 2.05) is 29.7 Å². The number of fused-ring (bicyclic) bond motifs is 1. The molecule has 2 aromatic carbocycles. The Labute approximate surface area is 172 Å². The van der Waals surface area contributed by atoms with Crippen molar-refractivity contribution in [2.75, 3.05) is 6.54 Å². The van der Waals surface area contributed by atoms with Gasteiger partial charge in [0.25, 0.3) is 5.91 Å². The first-order valence-electron chi connectivity index (χ1n) is 9.15. The van der Waals surface area contributed by atoms with E-state index >= 15 is 0 Å².